The van der Waals surface area contributed by atoms with E-state index in [4.69, 9.17) is 102 Å². The van der Waals surface area contributed by atoms with Gasteiger partial charge in [0, 0.05) is 11.8 Å². The standard InChI is InChI=1S/C19H10Cl8O4/c20-9-11(21)15(24)6-2-1-5(16(15,25)14(9)29)7-8(10(6)28)18(27)13(23)12(22)17(7,26)19(18)30-3-4-31-19/h1-2,5-8H,3-4H2/t5-,6-,7-,8+,15+,16+,17+,18-/m0/s1. The van der Waals surface area contributed by atoms with E-state index in [1.165, 1.54) is 0 Å². The van der Waals surface area contributed by atoms with E-state index in [2.05, 4.69) is 0 Å². The molecule has 0 unspecified atom stereocenters. The number of halogens is 8. The van der Waals surface area contributed by atoms with Gasteiger partial charge >= 0.3 is 0 Å². The molecule has 7 rings (SSSR count). The SMILES string of the molecule is O=C1[C@H]2[C@H]([C@@H]3C=C[C@@H]1[C@@]1(Cl)C(Cl)=C(Cl)C(=O)[C@]31Cl)[C@@]1(Cl)C(Cl)=C(Cl)[C@]2(Cl)C12OCCO2. The predicted molar refractivity (Wildman–Crippen MR) is 120 cm³/mol. The number of hydrogen-bond donors (Lipinski definition) is 0. The molecule has 0 N–H and O–H groups in total. The van der Waals surface area contributed by atoms with Crippen LogP contribution in [0.15, 0.2) is 32.3 Å². The fraction of sp³-hybridized carbons (Fsp3) is 0.579. The molecule has 4 bridgehead atoms. The van der Waals surface area contributed by atoms with Crippen molar-refractivity contribution in [3.05, 3.63) is 32.3 Å². The second-order valence-electron chi connectivity index (χ2n) is 8.54. The molecule has 0 aromatic rings. The average molecular weight is 586 g/mol. The number of ether oxygens (including phenoxy) is 2. The molecular weight excluding hydrogens is 576 g/mol. The van der Waals surface area contributed by atoms with Gasteiger partial charge in [-0.3, -0.25) is 9.59 Å². The molecule has 0 aromatic carbocycles. The van der Waals surface area contributed by atoms with Gasteiger partial charge in [-0.1, -0.05) is 58.6 Å². The van der Waals surface area contributed by atoms with Crippen LogP contribution in [-0.4, -0.2) is 50.1 Å². The number of allylic oxidation sites excluding steroid dienone is 4. The minimum Gasteiger partial charge on any atom is -0.344 e. The van der Waals surface area contributed by atoms with Crippen molar-refractivity contribution in [3.63, 3.8) is 0 Å². The molecule has 3 fully saturated rings. The predicted octanol–water partition coefficient (Wildman–Crippen LogP) is 5.25. The fourth-order valence-electron chi connectivity index (χ4n) is 6.57. The van der Waals surface area contributed by atoms with E-state index < -0.39 is 60.5 Å². The highest BCUT2D eigenvalue weighted by Gasteiger charge is 2.91. The third kappa shape index (κ3) is 1.84. The number of hydrogen-bond acceptors (Lipinski definition) is 4. The van der Waals surface area contributed by atoms with Crippen molar-refractivity contribution < 1.29 is 19.1 Å². The summed E-state index contributed by atoms with van der Waals surface area (Å²) >= 11 is 54.3. The Bertz CT molecular complexity index is 1090. The minimum atomic E-state index is -1.90. The molecule has 12 heteroatoms. The molecule has 1 aliphatic heterocycles. The van der Waals surface area contributed by atoms with E-state index in [0.29, 0.717) is 0 Å². The normalized spacial score (nSPS) is 53.8. The molecule has 8 atom stereocenters. The van der Waals surface area contributed by atoms with Gasteiger partial charge in [0.25, 0.3) is 0 Å². The summed E-state index contributed by atoms with van der Waals surface area (Å²) in [5.74, 6) is -6.93. The molecule has 7 aliphatic rings. The van der Waals surface area contributed by atoms with E-state index in [9.17, 15) is 9.59 Å². The summed E-state index contributed by atoms with van der Waals surface area (Å²) in [6, 6.07) is 0. The van der Waals surface area contributed by atoms with Crippen LogP contribution in [0.3, 0.4) is 0 Å². The molecular formula is C19H10Cl8O4. The van der Waals surface area contributed by atoms with Crippen LogP contribution >= 0.6 is 92.8 Å². The molecule has 1 spiro atoms. The van der Waals surface area contributed by atoms with E-state index in [1.807, 2.05) is 0 Å². The topological polar surface area (TPSA) is 52.6 Å². The number of ketones is 2. The lowest BCUT2D eigenvalue weighted by Gasteiger charge is -2.48. The third-order valence-electron chi connectivity index (χ3n) is 7.70. The van der Waals surface area contributed by atoms with Gasteiger partial charge in [-0.15, -0.1) is 46.4 Å². The number of alkyl halides is 4. The van der Waals surface area contributed by atoms with Crippen LogP contribution in [0, 0.1) is 23.7 Å². The summed E-state index contributed by atoms with van der Waals surface area (Å²) in [6.45, 7) is 0.330. The van der Waals surface area contributed by atoms with Crippen LogP contribution < -0.4 is 0 Å². The Kier molecular flexibility index (Phi) is 4.40. The Morgan fingerprint density at radius 1 is 0.774 bits per heavy atom. The zero-order valence-electron chi connectivity index (χ0n) is 15.0. The maximum atomic E-state index is 14.1. The van der Waals surface area contributed by atoms with E-state index in [1.54, 1.807) is 12.2 Å². The number of carbonyl (C=O) groups is 2. The molecule has 166 valence electrons. The zero-order chi connectivity index (χ0) is 22.5. The van der Waals surface area contributed by atoms with Gasteiger partial charge in [0.05, 0.1) is 40.1 Å². The van der Waals surface area contributed by atoms with Crippen LogP contribution in [0.1, 0.15) is 0 Å². The van der Waals surface area contributed by atoms with Gasteiger partial charge in [-0.25, -0.2) is 0 Å². The zero-order valence-corrected chi connectivity index (χ0v) is 21.1. The van der Waals surface area contributed by atoms with Crippen molar-refractivity contribution in [2.75, 3.05) is 13.2 Å². The van der Waals surface area contributed by atoms with Crippen molar-refractivity contribution in [2.45, 2.75) is 25.3 Å². The van der Waals surface area contributed by atoms with Crippen molar-refractivity contribution in [3.8, 4) is 0 Å². The lowest BCUT2D eigenvalue weighted by molar-refractivity contribution is -0.175. The summed E-state index contributed by atoms with van der Waals surface area (Å²) < 4.78 is 11.9. The van der Waals surface area contributed by atoms with Crippen LogP contribution in [0.5, 0.6) is 0 Å². The van der Waals surface area contributed by atoms with Crippen molar-refractivity contribution in [2.24, 2.45) is 23.7 Å². The van der Waals surface area contributed by atoms with Gasteiger partial charge in [-0.05, 0) is 0 Å². The first-order valence-corrected chi connectivity index (χ1v) is 12.3. The second kappa shape index (κ2) is 6.13. The van der Waals surface area contributed by atoms with Gasteiger partial charge in [-0.2, -0.15) is 0 Å². The molecule has 0 aromatic heterocycles. The van der Waals surface area contributed by atoms with Gasteiger partial charge in [0.2, 0.25) is 5.79 Å². The lowest BCUT2D eigenvalue weighted by atomic mass is 9.66. The number of Topliss-reactive ketones (excluding diaryl/α,β-unsaturated/α-hetero) is 2. The Balaban J connectivity index is 1.69. The monoisotopic (exact) mass is 582 g/mol. The van der Waals surface area contributed by atoms with E-state index in [-0.39, 0.29) is 33.3 Å². The summed E-state index contributed by atoms with van der Waals surface area (Å²) in [4.78, 5) is 20.2. The van der Waals surface area contributed by atoms with Crippen molar-refractivity contribution in [1.29, 1.82) is 0 Å². The largest absolute Gasteiger partial charge is 0.344 e. The second-order valence-corrected chi connectivity index (χ2v) is 12.4. The van der Waals surface area contributed by atoms with Gasteiger partial charge in [0.1, 0.15) is 30.3 Å². The molecule has 1 saturated heterocycles. The number of carbonyl (C=O) groups excluding carboxylic acids is 2. The average Bonchev–Trinajstić information content (AvgIpc) is 3.32. The summed E-state index contributed by atoms with van der Waals surface area (Å²) in [7, 11) is 0. The number of rotatable bonds is 0. The smallest absolute Gasteiger partial charge is 0.218 e. The first-order chi connectivity index (χ1) is 14.4. The van der Waals surface area contributed by atoms with Crippen molar-refractivity contribution >= 4 is 104 Å². The molecule has 2 saturated carbocycles. The quantitative estimate of drug-likeness (QED) is 0.288. The van der Waals surface area contributed by atoms with Crippen LogP contribution in [0.4, 0.5) is 0 Å². The van der Waals surface area contributed by atoms with Crippen LogP contribution in [-0.2, 0) is 19.1 Å². The summed E-state index contributed by atoms with van der Waals surface area (Å²) in [5.41, 5.74) is 0. The first kappa shape index (κ1) is 22.3. The Morgan fingerprint density at radius 3 is 1.97 bits per heavy atom. The van der Waals surface area contributed by atoms with Crippen molar-refractivity contribution in [1.82, 2.24) is 0 Å². The molecule has 4 nitrogen and oxygen atoms in total. The third-order valence-corrected chi connectivity index (χ3v) is 12.9. The Hall–Kier alpha value is 0.800. The van der Waals surface area contributed by atoms with Crippen LogP contribution in [0.25, 0.3) is 0 Å². The summed E-state index contributed by atoms with van der Waals surface area (Å²) in [6.07, 6.45) is 3.22. The molecule has 0 amide bonds. The first-order valence-electron chi connectivity index (χ1n) is 9.30. The maximum absolute atomic E-state index is 14.1. The Labute approximate surface area is 216 Å². The lowest BCUT2D eigenvalue weighted by Crippen LogP contribution is -2.62. The maximum Gasteiger partial charge on any atom is 0.218 e. The molecule has 1 heterocycles. The minimum absolute atomic E-state index is 0.0171. The highest BCUT2D eigenvalue weighted by atomic mass is 35.5. The Morgan fingerprint density at radius 2 is 1.35 bits per heavy atom. The highest BCUT2D eigenvalue weighted by molar-refractivity contribution is 6.63. The molecule has 31 heavy (non-hydrogen) atoms. The van der Waals surface area contributed by atoms with Gasteiger partial charge in [0.15, 0.2) is 5.78 Å². The van der Waals surface area contributed by atoms with E-state index >= 15 is 0 Å². The fourth-order valence-corrected chi connectivity index (χ4v) is 10.5. The highest BCUT2D eigenvalue weighted by Crippen LogP contribution is 2.80. The molecule has 6 aliphatic carbocycles. The van der Waals surface area contributed by atoms with E-state index in [0.717, 1.165) is 0 Å². The van der Waals surface area contributed by atoms with Gasteiger partial charge < -0.3 is 9.47 Å². The molecule has 0 radical (unpaired) electrons. The van der Waals surface area contributed by atoms with Crippen LogP contribution in [0.2, 0.25) is 0 Å². The summed E-state index contributed by atoms with van der Waals surface area (Å²) in [5, 5.41) is -0.549.